The summed E-state index contributed by atoms with van der Waals surface area (Å²) in [5, 5.41) is 3.04. The minimum atomic E-state index is -3.61. The summed E-state index contributed by atoms with van der Waals surface area (Å²) in [7, 11) is -3.61. The summed E-state index contributed by atoms with van der Waals surface area (Å²) in [6, 6.07) is 12.6. The number of carbonyl (C=O) groups excluding carboxylic acids is 1. The zero-order chi connectivity index (χ0) is 18.0. The SMILES string of the molecule is CC(C)(C)NS(=O)(=O)c1ccc(NC(=O)c2ccccc2Cl)cc1. The highest BCUT2D eigenvalue weighted by Gasteiger charge is 2.21. The largest absolute Gasteiger partial charge is 0.322 e. The van der Waals surface area contributed by atoms with E-state index in [1.165, 1.54) is 24.3 Å². The highest BCUT2D eigenvalue weighted by atomic mass is 35.5. The lowest BCUT2D eigenvalue weighted by molar-refractivity contribution is 0.102. The Hall–Kier alpha value is -1.89. The van der Waals surface area contributed by atoms with Gasteiger partial charge in [-0.3, -0.25) is 4.79 Å². The Kier molecular flexibility index (Phi) is 5.32. The van der Waals surface area contributed by atoms with Crippen LogP contribution in [0.3, 0.4) is 0 Å². The number of sulfonamides is 1. The average Bonchev–Trinajstić information content (AvgIpc) is 2.45. The van der Waals surface area contributed by atoms with E-state index in [-0.39, 0.29) is 10.8 Å². The fraction of sp³-hybridized carbons (Fsp3) is 0.235. The summed E-state index contributed by atoms with van der Waals surface area (Å²) >= 11 is 5.98. The van der Waals surface area contributed by atoms with Crippen molar-refractivity contribution in [1.82, 2.24) is 4.72 Å². The van der Waals surface area contributed by atoms with E-state index in [2.05, 4.69) is 10.0 Å². The molecule has 0 spiro atoms. The number of halogens is 1. The molecular formula is C17H19ClN2O3S. The summed E-state index contributed by atoms with van der Waals surface area (Å²) in [6.07, 6.45) is 0. The van der Waals surface area contributed by atoms with Crippen LogP contribution in [0, 0.1) is 0 Å². The molecule has 1 amide bonds. The molecule has 5 nitrogen and oxygen atoms in total. The fourth-order valence-corrected chi connectivity index (χ4v) is 3.66. The topological polar surface area (TPSA) is 75.3 Å². The molecule has 0 fully saturated rings. The standard InChI is InChI=1S/C17H19ClN2O3S/c1-17(2,3)20-24(22,23)13-10-8-12(9-11-13)19-16(21)14-6-4-5-7-15(14)18/h4-11,20H,1-3H3,(H,19,21). The van der Waals surface area contributed by atoms with Crippen LogP contribution < -0.4 is 10.0 Å². The van der Waals surface area contributed by atoms with Crippen molar-refractivity contribution >= 4 is 33.2 Å². The van der Waals surface area contributed by atoms with E-state index in [9.17, 15) is 13.2 Å². The third kappa shape index (κ3) is 4.80. The first-order valence-electron chi connectivity index (χ1n) is 7.28. The third-order valence-corrected chi connectivity index (χ3v) is 5.08. The summed E-state index contributed by atoms with van der Waals surface area (Å²) in [5.41, 5.74) is 0.260. The number of anilines is 1. The predicted molar refractivity (Wildman–Crippen MR) is 95.9 cm³/mol. The Labute approximate surface area is 147 Å². The van der Waals surface area contributed by atoms with E-state index in [4.69, 9.17) is 11.6 Å². The van der Waals surface area contributed by atoms with Gasteiger partial charge in [0, 0.05) is 11.2 Å². The van der Waals surface area contributed by atoms with Crippen LogP contribution in [-0.2, 0) is 10.0 Å². The molecule has 24 heavy (non-hydrogen) atoms. The van der Waals surface area contributed by atoms with Crippen molar-refractivity contribution in [2.45, 2.75) is 31.2 Å². The molecule has 0 aliphatic rings. The zero-order valence-electron chi connectivity index (χ0n) is 13.6. The molecule has 0 aliphatic heterocycles. The molecule has 7 heteroatoms. The molecule has 0 saturated carbocycles. The maximum Gasteiger partial charge on any atom is 0.257 e. The van der Waals surface area contributed by atoms with E-state index >= 15 is 0 Å². The summed E-state index contributed by atoms with van der Waals surface area (Å²) in [6.45, 7) is 5.30. The molecule has 0 saturated heterocycles. The Morgan fingerprint density at radius 2 is 1.58 bits per heavy atom. The highest BCUT2D eigenvalue weighted by Crippen LogP contribution is 2.19. The van der Waals surface area contributed by atoms with Crippen LogP contribution >= 0.6 is 11.6 Å². The number of hydrogen-bond acceptors (Lipinski definition) is 3. The molecule has 0 heterocycles. The van der Waals surface area contributed by atoms with Crippen LogP contribution in [0.4, 0.5) is 5.69 Å². The van der Waals surface area contributed by atoms with Crippen molar-refractivity contribution in [1.29, 1.82) is 0 Å². The van der Waals surface area contributed by atoms with Crippen LogP contribution in [-0.4, -0.2) is 19.9 Å². The van der Waals surface area contributed by atoms with Gasteiger partial charge in [-0.05, 0) is 57.2 Å². The molecule has 0 radical (unpaired) electrons. The summed E-state index contributed by atoms with van der Waals surface area (Å²) in [5.74, 6) is -0.357. The van der Waals surface area contributed by atoms with Crippen molar-refractivity contribution in [3.63, 3.8) is 0 Å². The quantitative estimate of drug-likeness (QED) is 0.866. The van der Waals surface area contributed by atoms with E-state index in [1.807, 2.05) is 0 Å². The van der Waals surface area contributed by atoms with Crippen LogP contribution in [0.15, 0.2) is 53.4 Å². The summed E-state index contributed by atoms with van der Waals surface area (Å²) < 4.78 is 27.0. The van der Waals surface area contributed by atoms with Crippen molar-refractivity contribution in [2.24, 2.45) is 0 Å². The predicted octanol–water partition coefficient (Wildman–Crippen LogP) is 3.67. The Morgan fingerprint density at radius 3 is 2.12 bits per heavy atom. The molecule has 128 valence electrons. The van der Waals surface area contributed by atoms with Gasteiger partial charge >= 0.3 is 0 Å². The number of rotatable bonds is 4. The van der Waals surface area contributed by atoms with Gasteiger partial charge in [-0.2, -0.15) is 0 Å². The lowest BCUT2D eigenvalue weighted by atomic mass is 10.1. The molecule has 0 unspecified atom stereocenters. The molecule has 0 aromatic heterocycles. The maximum absolute atomic E-state index is 12.2. The van der Waals surface area contributed by atoms with Crippen LogP contribution in [0.2, 0.25) is 5.02 Å². The van der Waals surface area contributed by atoms with Crippen LogP contribution in [0.5, 0.6) is 0 Å². The van der Waals surface area contributed by atoms with Gasteiger partial charge in [0.05, 0.1) is 15.5 Å². The fourth-order valence-electron chi connectivity index (χ4n) is 2.02. The van der Waals surface area contributed by atoms with Crippen LogP contribution in [0.1, 0.15) is 31.1 Å². The van der Waals surface area contributed by atoms with E-state index in [0.29, 0.717) is 16.3 Å². The first-order chi connectivity index (χ1) is 11.1. The smallest absolute Gasteiger partial charge is 0.257 e. The van der Waals surface area contributed by atoms with Gasteiger partial charge in [-0.25, -0.2) is 13.1 Å². The van der Waals surface area contributed by atoms with Gasteiger partial charge in [-0.15, -0.1) is 0 Å². The second-order valence-corrected chi connectivity index (χ2v) is 8.40. The minimum Gasteiger partial charge on any atom is -0.322 e. The first kappa shape index (κ1) is 18.4. The zero-order valence-corrected chi connectivity index (χ0v) is 15.2. The Morgan fingerprint density at radius 1 is 1.00 bits per heavy atom. The van der Waals surface area contributed by atoms with Crippen molar-refractivity contribution in [2.75, 3.05) is 5.32 Å². The van der Waals surface area contributed by atoms with E-state index < -0.39 is 15.6 Å². The average molecular weight is 367 g/mol. The number of benzene rings is 2. The molecule has 2 aromatic rings. The van der Waals surface area contributed by atoms with Crippen molar-refractivity contribution < 1.29 is 13.2 Å². The second kappa shape index (κ2) is 6.93. The highest BCUT2D eigenvalue weighted by molar-refractivity contribution is 7.89. The van der Waals surface area contributed by atoms with Gasteiger partial charge in [0.25, 0.3) is 5.91 Å². The Bertz CT molecular complexity index is 841. The summed E-state index contributed by atoms with van der Waals surface area (Å²) in [4.78, 5) is 12.3. The lowest BCUT2D eigenvalue weighted by Gasteiger charge is -2.20. The molecule has 0 aliphatic carbocycles. The normalized spacial score (nSPS) is 12.0. The van der Waals surface area contributed by atoms with Gasteiger partial charge in [-0.1, -0.05) is 23.7 Å². The van der Waals surface area contributed by atoms with E-state index in [0.717, 1.165) is 0 Å². The van der Waals surface area contributed by atoms with Gasteiger partial charge < -0.3 is 5.32 Å². The molecule has 0 atom stereocenters. The number of amides is 1. The maximum atomic E-state index is 12.2. The Balaban J connectivity index is 2.16. The number of carbonyl (C=O) groups is 1. The molecule has 2 N–H and O–H groups in total. The van der Waals surface area contributed by atoms with Crippen molar-refractivity contribution in [3.8, 4) is 0 Å². The second-order valence-electron chi connectivity index (χ2n) is 6.31. The minimum absolute atomic E-state index is 0.133. The van der Waals surface area contributed by atoms with Crippen LogP contribution in [0.25, 0.3) is 0 Å². The van der Waals surface area contributed by atoms with Crippen molar-refractivity contribution in [3.05, 3.63) is 59.1 Å². The van der Waals surface area contributed by atoms with E-state index in [1.54, 1.807) is 45.0 Å². The first-order valence-corrected chi connectivity index (χ1v) is 9.14. The molecule has 2 aromatic carbocycles. The molecular weight excluding hydrogens is 348 g/mol. The van der Waals surface area contributed by atoms with Gasteiger partial charge in [0.15, 0.2) is 0 Å². The van der Waals surface area contributed by atoms with Gasteiger partial charge in [0.2, 0.25) is 10.0 Å². The monoisotopic (exact) mass is 366 g/mol. The number of nitrogens with one attached hydrogen (secondary N) is 2. The third-order valence-electron chi connectivity index (χ3n) is 2.98. The number of hydrogen-bond donors (Lipinski definition) is 2. The lowest BCUT2D eigenvalue weighted by Crippen LogP contribution is -2.40. The molecule has 2 rings (SSSR count). The molecule has 0 bridgehead atoms. The van der Waals surface area contributed by atoms with Gasteiger partial charge in [0.1, 0.15) is 0 Å².